The third kappa shape index (κ3) is 3.37. The zero-order valence-electron chi connectivity index (χ0n) is 13.7. The fourth-order valence-corrected chi connectivity index (χ4v) is 3.22. The molecule has 1 aliphatic rings. The van der Waals surface area contributed by atoms with Crippen molar-refractivity contribution < 1.29 is 4.79 Å². The molecule has 5 heteroatoms. The Morgan fingerprint density at radius 2 is 2.00 bits per heavy atom. The fourth-order valence-electron chi connectivity index (χ4n) is 3.02. The summed E-state index contributed by atoms with van der Waals surface area (Å²) in [6, 6.07) is 11.7. The van der Waals surface area contributed by atoms with Gasteiger partial charge >= 0.3 is 6.03 Å². The van der Waals surface area contributed by atoms with Gasteiger partial charge in [-0.3, -0.25) is 0 Å². The number of urea groups is 1. The van der Waals surface area contributed by atoms with Crippen molar-refractivity contribution in [1.82, 2.24) is 14.8 Å². The van der Waals surface area contributed by atoms with E-state index in [-0.39, 0.29) is 17.6 Å². The van der Waals surface area contributed by atoms with Crippen LogP contribution in [0.5, 0.6) is 0 Å². The number of hydrogen-bond acceptors (Lipinski definition) is 1. The summed E-state index contributed by atoms with van der Waals surface area (Å²) in [4.78, 5) is 14.7. The molecule has 1 aliphatic heterocycles. The quantitative estimate of drug-likeness (QED) is 0.840. The lowest BCUT2D eigenvalue weighted by Crippen LogP contribution is -2.52. The van der Waals surface area contributed by atoms with Crippen LogP contribution in [0.25, 0.3) is 0 Å². The molecule has 23 heavy (non-hydrogen) atoms. The van der Waals surface area contributed by atoms with Gasteiger partial charge in [-0.2, -0.15) is 0 Å². The highest BCUT2D eigenvalue weighted by atomic mass is 35.5. The van der Waals surface area contributed by atoms with Crippen LogP contribution in [0, 0.1) is 0 Å². The topological polar surface area (TPSA) is 37.3 Å². The molecule has 4 nitrogen and oxygen atoms in total. The number of nitrogens with zero attached hydrogens (tertiary/aromatic N) is 2. The van der Waals surface area contributed by atoms with E-state index in [0.29, 0.717) is 11.6 Å². The fraction of sp³-hybridized carbons (Fsp3) is 0.389. The molecular formula is C18H22ClN3O. The number of amides is 2. The summed E-state index contributed by atoms with van der Waals surface area (Å²) in [5.41, 5.74) is 1.87. The Kier molecular flexibility index (Phi) is 4.11. The van der Waals surface area contributed by atoms with Gasteiger partial charge in [0.25, 0.3) is 0 Å². The Morgan fingerprint density at radius 1 is 1.22 bits per heavy atom. The van der Waals surface area contributed by atoms with Crippen molar-refractivity contribution in [1.29, 1.82) is 0 Å². The van der Waals surface area contributed by atoms with Crippen molar-refractivity contribution >= 4 is 17.6 Å². The highest BCUT2D eigenvalue weighted by molar-refractivity contribution is 6.30. The molecule has 2 heterocycles. The summed E-state index contributed by atoms with van der Waals surface area (Å²) in [7, 11) is 0. The van der Waals surface area contributed by atoms with E-state index >= 15 is 0 Å². The number of carbonyl (C=O) groups is 1. The molecule has 0 bridgehead atoms. The first-order chi connectivity index (χ1) is 10.8. The van der Waals surface area contributed by atoms with E-state index in [1.54, 1.807) is 0 Å². The number of carbonyl (C=O) groups excluding carboxylic acids is 1. The zero-order chi connectivity index (χ0) is 16.6. The summed E-state index contributed by atoms with van der Waals surface area (Å²) >= 11 is 6.17. The van der Waals surface area contributed by atoms with Crippen LogP contribution in [0.15, 0.2) is 42.6 Å². The van der Waals surface area contributed by atoms with Crippen molar-refractivity contribution in [2.45, 2.75) is 38.9 Å². The molecule has 0 unspecified atom stereocenters. The van der Waals surface area contributed by atoms with Crippen LogP contribution in [0.2, 0.25) is 5.02 Å². The molecule has 0 aliphatic carbocycles. The largest absolute Gasteiger partial charge is 0.348 e. The zero-order valence-corrected chi connectivity index (χ0v) is 14.5. The molecular weight excluding hydrogens is 310 g/mol. The van der Waals surface area contributed by atoms with Gasteiger partial charge < -0.3 is 14.8 Å². The summed E-state index contributed by atoms with van der Waals surface area (Å²) < 4.78 is 2.20. The van der Waals surface area contributed by atoms with Crippen LogP contribution in [-0.2, 0) is 6.54 Å². The van der Waals surface area contributed by atoms with E-state index in [1.165, 1.54) is 0 Å². The molecule has 3 rings (SSSR count). The van der Waals surface area contributed by atoms with Crippen LogP contribution in [-0.4, -0.2) is 27.6 Å². The van der Waals surface area contributed by atoms with Crippen molar-refractivity contribution in [3.8, 4) is 0 Å². The number of fused-ring (bicyclic) bond motifs is 1. The Hall–Kier alpha value is -1.94. The molecule has 1 atom stereocenters. The number of rotatable bonds is 1. The Labute approximate surface area is 142 Å². The maximum absolute atomic E-state index is 12.8. The maximum atomic E-state index is 12.8. The average Bonchev–Trinajstić information content (AvgIpc) is 2.92. The van der Waals surface area contributed by atoms with Crippen LogP contribution in [0.3, 0.4) is 0 Å². The molecule has 1 N–H and O–H groups in total. The second-order valence-electron chi connectivity index (χ2n) is 6.96. The minimum Gasteiger partial charge on any atom is -0.348 e. The maximum Gasteiger partial charge on any atom is 0.318 e. The first-order valence-corrected chi connectivity index (χ1v) is 8.22. The highest BCUT2D eigenvalue weighted by Crippen LogP contribution is 2.33. The van der Waals surface area contributed by atoms with Gasteiger partial charge in [0.15, 0.2) is 0 Å². The van der Waals surface area contributed by atoms with Gasteiger partial charge in [0.2, 0.25) is 0 Å². The number of halogens is 1. The summed E-state index contributed by atoms with van der Waals surface area (Å²) in [5, 5.41) is 3.75. The standard InChI is InChI=1S/C18H22ClN3O/c1-18(2,3)20-17(23)22-11-10-21-9-5-8-15(21)16(22)13-6-4-7-14(19)12-13/h4-9,12,16H,10-11H2,1-3H3,(H,20,23)/t16-/m0/s1. The molecule has 1 aromatic carbocycles. The van der Waals surface area contributed by atoms with E-state index in [0.717, 1.165) is 17.8 Å². The minimum atomic E-state index is -0.268. The third-order valence-corrected chi connectivity index (χ3v) is 4.18. The van der Waals surface area contributed by atoms with E-state index in [2.05, 4.69) is 22.1 Å². The average molecular weight is 332 g/mol. The predicted octanol–water partition coefficient (Wildman–Crippen LogP) is 4.05. The van der Waals surface area contributed by atoms with Crippen molar-refractivity contribution in [2.75, 3.05) is 6.54 Å². The second kappa shape index (κ2) is 5.93. The molecule has 0 saturated carbocycles. The van der Waals surface area contributed by atoms with E-state index < -0.39 is 0 Å². The van der Waals surface area contributed by atoms with Gasteiger partial charge in [0, 0.05) is 35.5 Å². The van der Waals surface area contributed by atoms with E-state index in [1.807, 2.05) is 56.0 Å². The van der Waals surface area contributed by atoms with Gasteiger partial charge in [0.1, 0.15) is 0 Å². The molecule has 1 aromatic heterocycles. The Bertz CT molecular complexity index is 717. The normalized spacial score (nSPS) is 17.7. The molecule has 0 fully saturated rings. The van der Waals surface area contributed by atoms with E-state index in [9.17, 15) is 4.79 Å². The monoisotopic (exact) mass is 331 g/mol. The molecule has 0 saturated heterocycles. The van der Waals surface area contributed by atoms with Crippen LogP contribution in [0.1, 0.15) is 38.1 Å². The van der Waals surface area contributed by atoms with Gasteiger partial charge in [0.05, 0.1) is 6.04 Å². The van der Waals surface area contributed by atoms with Crippen LogP contribution < -0.4 is 5.32 Å². The number of hydrogen-bond donors (Lipinski definition) is 1. The number of benzene rings is 1. The SMILES string of the molecule is CC(C)(C)NC(=O)N1CCn2cccc2[C@@H]1c1cccc(Cl)c1. The lowest BCUT2D eigenvalue weighted by atomic mass is 10.00. The summed E-state index contributed by atoms with van der Waals surface area (Å²) in [6.45, 7) is 7.45. The van der Waals surface area contributed by atoms with Gasteiger partial charge in [-0.1, -0.05) is 23.7 Å². The predicted molar refractivity (Wildman–Crippen MR) is 92.7 cm³/mol. The first kappa shape index (κ1) is 15.9. The Morgan fingerprint density at radius 3 is 2.70 bits per heavy atom. The molecule has 0 spiro atoms. The van der Waals surface area contributed by atoms with Crippen molar-refractivity contribution in [3.05, 3.63) is 58.9 Å². The van der Waals surface area contributed by atoms with Gasteiger partial charge in [-0.05, 0) is 50.6 Å². The summed E-state index contributed by atoms with van der Waals surface area (Å²) in [6.07, 6.45) is 2.06. The lowest BCUT2D eigenvalue weighted by Gasteiger charge is -2.39. The summed E-state index contributed by atoms with van der Waals surface area (Å²) in [5.74, 6) is 0. The molecule has 2 amide bonds. The number of aromatic nitrogens is 1. The van der Waals surface area contributed by atoms with Gasteiger partial charge in [-0.25, -0.2) is 4.79 Å². The number of nitrogens with one attached hydrogen (secondary N) is 1. The smallest absolute Gasteiger partial charge is 0.318 e. The first-order valence-electron chi connectivity index (χ1n) is 7.84. The van der Waals surface area contributed by atoms with Crippen LogP contribution >= 0.6 is 11.6 Å². The molecule has 2 aromatic rings. The molecule has 0 radical (unpaired) electrons. The highest BCUT2D eigenvalue weighted by Gasteiger charge is 2.33. The minimum absolute atomic E-state index is 0.0464. The second-order valence-corrected chi connectivity index (χ2v) is 7.39. The lowest BCUT2D eigenvalue weighted by molar-refractivity contribution is 0.161. The molecule has 122 valence electrons. The third-order valence-electron chi connectivity index (χ3n) is 3.95. The Balaban J connectivity index is 2.00. The van der Waals surface area contributed by atoms with Crippen molar-refractivity contribution in [2.24, 2.45) is 0 Å². The van der Waals surface area contributed by atoms with E-state index in [4.69, 9.17) is 11.6 Å². The van der Waals surface area contributed by atoms with Gasteiger partial charge in [-0.15, -0.1) is 0 Å². The van der Waals surface area contributed by atoms with Crippen molar-refractivity contribution in [3.63, 3.8) is 0 Å². The van der Waals surface area contributed by atoms with Crippen LogP contribution in [0.4, 0.5) is 4.79 Å².